The smallest absolute Gasteiger partial charge is 0.272 e. The highest BCUT2D eigenvalue weighted by Gasteiger charge is 2.40. The minimum atomic E-state index is -0.292. The second-order valence-electron chi connectivity index (χ2n) is 6.72. The van der Waals surface area contributed by atoms with Gasteiger partial charge < -0.3 is 4.42 Å². The fraction of sp³-hybridized carbons (Fsp3) is 0.130. The van der Waals surface area contributed by atoms with E-state index in [1.807, 2.05) is 62.4 Å². The number of benzene rings is 2. The summed E-state index contributed by atoms with van der Waals surface area (Å²) in [5.74, 6) is 0.661. The first-order chi connectivity index (χ1) is 13.5. The third kappa shape index (κ3) is 3.41. The van der Waals surface area contributed by atoms with Crippen molar-refractivity contribution in [1.82, 2.24) is 0 Å². The van der Waals surface area contributed by atoms with Crippen LogP contribution in [-0.2, 0) is 15.3 Å². The second kappa shape index (κ2) is 7.52. The normalized spacial score (nSPS) is 14.3. The molecule has 4 nitrogen and oxygen atoms in total. The van der Waals surface area contributed by atoms with E-state index in [1.165, 1.54) is 16.7 Å². The van der Waals surface area contributed by atoms with Gasteiger partial charge in [-0.3, -0.25) is 9.59 Å². The molecule has 5 heteroatoms. The highest BCUT2D eigenvalue weighted by molar-refractivity contribution is 8.03. The van der Waals surface area contributed by atoms with Gasteiger partial charge in [0, 0.05) is 0 Å². The van der Waals surface area contributed by atoms with Crippen molar-refractivity contribution >= 4 is 34.8 Å². The summed E-state index contributed by atoms with van der Waals surface area (Å²) in [5.41, 5.74) is 3.95. The lowest BCUT2D eigenvalue weighted by atomic mass is 10.0. The summed E-state index contributed by atoms with van der Waals surface area (Å²) in [6, 6.07) is 18.8. The molecule has 28 heavy (non-hydrogen) atoms. The summed E-state index contributed by atoms with van der Waals surface area (Å²) in [4.78, 5) is 28.2. The average molecular weight is 389 g/mol. The van der Waals surface area contributed by atoms with Gasteiger partial charge in [-0.2, -0.15) is 0 Å². The zero-order valence-corrected chi connectivity index (χ0v) is 16.5. The number of carbonyl (C=O) groups is 2. The van der Waals surface area contributed by atoms with Gasteiger partial charge in [-0.05, 0) is 43.7 Å². The van der Waals surface area contributed by atoms with Crippen molar-refractivity contribution in [3.05, 3.63) is 94.3 Å². The number of furan rings is 1. The van der Waals surface area contributed by atoms with Gasteiger partial charge in [0.15, 0.2) is 0 Å². The average Bonchev–Trinajstić information content (AvgIpc) is 3.28. The Morgan fingerprint density at radius 3 is 2.11 bits per heavy atom. The number of hydrogen-bond donors (Lipinski definition) is 0. The first-order valence-corrected chi connectivity index (χ1v) is 9.95. The second-order valence-corrected chi connectivity index (χ2v) is 7.71. The van der Waals surface area contributed by atoms with E-state index in [0.717, 1.165) is 22.5 Å². The lowest BCUT2D eigenvalue weighted by Crippen LogP contribution is -2.31. The Hall–Kier alpha value is -3.05. The highest BCUT2D eigenvalue weighted by Crippen LogP contribution is 2.39. The van der Waals surface area contributed by atoms with E-state index in [1.54, 1.807) is 18.4 Å². The molecule has 2 amide bonds. The van der Waals surface area contributed by atoms with E-state index >= 15 is 0 Å². The molecule has 1 aliphatic heterocycles. The lowest BCUT2D eigenvalue weighted by Gasteiger charge is -2.15. The fourth-order valence-corrected chi connectivity index (χ4v) is 4.10. The summed E-state index contributed by atoms with van der Waals surface area (Å²) < 4.78 is 5.38. The van der Waals surface area contributed by atoms with Crippen LogP contribution in [0.3, 0.4) is 0 Å². The van der Waals surface area contributed by atoms with E-state index in [2.05, 4.69) is 0 Å². The Morgan fingerprint density at radius 2 is 1.50 bits per heavy atom. The van der Waals surface area contributed by atoms with Crippen LogP contribution in [0.5, 0.6) is 0 Å². The molecule has 2 heterocycles. The van der Waals surface area contributed by atoms with Crippen LogP contribution in [0.25, 0.3) is 5.57 Å². The van der Waals surface area contributed by atoms with E-state index in [0.29, 0.717) is 21.9 Å². The summed E-state index contributed by atoms with van der Waals surface area (Å²) in [6.45, 7) is 3.96. The van der Waals surface area contributed by atoms with Crippen LogP contribution in [0.1, 0.15) is 22.5 Å². The maximum Gasteiger partial charge on any atom is 0.272 e. The standard InChI is InChI=1S/C23H19NO3S/c1-15-5-9-17(10-6-15)20-21(28-14-19-4-3-13-27-19)23(26)24(22(20)25)18-11-7-16(2)8-12-18/h3-13H,14H2,1-2H3. The monoisotopic (exact) mass is 389 g/mol. The molecular formula is C23H19NO3S. The van der Waals surface area contributed by atoms with Crippen LogP contribution >= 0.6 is 11.8 Å². The molecule has 140 valence electrons. The van der Waals surface area contributed by atoms with Gasteiger partial charge in [0.1, 0.15) is 5.76 Å². The minimum Gasteiger partial charge on any atom is -0.468 e. The van der Waals surface area contributed by atoms with Gasteiger partial charge in [-0.15, -0.1) is 11.8 Å². The molecule has 0 saturated heterocycles. The molecule has 0 unspecified atom stereocenters. The number of nitrogens with zero attached hydrogens (tertiary/aromatic N) is 1. The van der Waals surface area contributed by atoms with E-state index in [9.17, 15) is 9.59 Å². The van der Waals surface area contributed by atoms with Crippen molar-refractivity contribution in [3.63, 3.8) is 0 Å². The van der Waals surface area contributed by atoms with Gasteiger partial charge in [-0.25, -0.2) is 4.90 Å². The first-order valence-electron chi connectivity index (χ1n) is 8.96. The predicted octanol–water partition coefficient (Wildman–Crippen LogP) is 5.11. The molecule has 0 radical (unpaired) electrons. The number of carbonyl (C=O) groups excluding carboxylic acids is 2. The summed E-state index contributed by atoms with van der Waals surface area (Å²) in [7, 11) is 0. The van der Waals surface area contributed by atoms with Crippen LogP contribution < -0.4 is 4.90 Å². The van der Waals surface area contributed by atoms with E-state index in [4.69, 9.17) is 4.42 Å². The topological polar surface area (TPSA) is 50.5 Å². The van der Waals surface area contributed by atoms with Crippen molar-refractivity contribution < 1.29 is 14.0 Å². The number of hydrogen-bond acceptors (Lipinski definition) is 4. The number of amides is 2. The maximum atomic E-state index is 13.3. The third-order valence-electron chi connectivity index (χ3n) is 4.61. The molecule has 2 aromatic carbocycles. The summed E-state index contributed by atoms with van der Waals surface area (Å²) >= 11 is 1.34. The van der Waals surface area contributed by atoms with E-state index < -0.39 is 0 Å². The molecule has 0 bridgehead atoms. The van der Waals surface area contributed by atoms with Crippen molar-refractivity contribution in [1.29, 1.82) is 0 Å². The van der Waals surface area contributed by atoms with Gasteiger partial charge in [-0.1, -0.05) is 47.5 Å². The number of rotatable bonds is 5. The van der Waals surface area contributed by atoms with Gasteiger partial charge in [0.2, 0.25) is 0 Å². The third-order valence-corrected chi connectivity index (χ3v) is 5.71. The number of aryl methyl sites for hydroxylation is 2. The number of thioether (sulfide) groups is 1. The zero-order valence-electron chi connectivity index (χ0n) is 15.6. The molecule has 1 aliphatic rings. The molecule has 4 rings (SSSR count). The van der Waals surface area contributed by atoms with Crippen molar-refractivity contribution in [2.75, 3.05) is 4.90 Å². The molecule has 3 aromatic rings. The molecule has 0 N–H and O–H groups in total. The van der Waals surface area contributed by atoms with Crippen LogP contribution in [0.2, 0.25) is 0 Å². The molecular weight excluding hydrogens is 370 g/mol. The molecule has 0 fully saturated rings. The van der Waals surface area contributed by atoms with Gasteiger partial charge in [0.05, 0.1) is 28.2 Å². The van der Waals surface area contributed by atoms with Crippen molar-refractivity contribution in [2.24, 2.45) is 0 Å². The Bertz CT molecular complexity index is 1050. The Kier molecular flexibility index (Phi) is 4.92. The summed E-state index contributed by atoms with van der Waals surface area (Å²) in [6.07, 6.45) is 1.60. The summed E-state index contributed by atoms with van der Waals surface area (Å²) in [5, 5.41) is 0. The van der Waals surface area contributed by atoms with E-state index in [-0.39, 0.29) is 11.8 Å². The maximum absolute atomic E-state index is 13.3. The van der Waals surface area contributed by atoms with Crippen LogP contribution in [0, 0.1) is 13.8 Å². The molecule has 1 aromatic heterocycles. The Balaban J connectivity index is 1.74. The Morgan fingerprint density at radius 1 is 0.857 bits per heavy atom. The molecule has 0 saturated carbocycles. The SMILES string of the molecule is Cc1ccc(C2=C(SCc3ccco3)C(=O)N(c3ccc(C)cc3)C2=O)cc1. The molecule has 0 atom stereocenters. The van der Waals surface area contributed by atoms with Gasteiger partial charge >= 0.3 is 0 Å². The molecule has 0 spiro atoms. The first kappa shape index (κ1) is 18.3. The Labute approximate surface area is 167 Å². The minimum absolute atomic E-state index is 0.291. The molecule has 0 aliphatic carbocycles. The quantitative estimate of drug-likeness (QED) is 0.569. The number of imide groups is 1. The zero-order chi connectivity index (χ0) is 19.7. The lowest BCUT2D eigenvalue weighted by molar-refractivity contribution is -0.119. The highest BCUT2D eigenvalue weighted by atomic mass is 32.2. The van der Waals surface area contributed by atoms with Crippen molar-refractivity contribution in [3.8, 4) is 0 Å². The van der Waals surface area contributed by atoms with Crippen LogP contribution in [0.15, 0.2) is 76.2 Å². The predicted molar refractivity (Wildman–Crippen MR) is 112 cm³/mol. The van der Waals surface area contributed by atoms with Crippen molar-refractivity contribution in [2.45, 2.75) is 19.6 Å². The number of anilines is 1. The van der Waals surface area contributed by atoms with Gasteiger partial charge in [0.25, 0.3) is 11.8 Å². The largest absolute Gasteiger partial charge is 0.468 e. The van der Waals surface area contributed by atoms with Crippen LogP contribution in [0.4, 0.5) is 5.69 Å². The van der Waals surface area contributed by atoms with Crippen LogP contribution in [-0.4, -0.2) is 11.8 Å². The fourth-order valence-electron chi connectivity index (χ4n) is 3.08.